The molecule has 2 unspecified atom stereocenters. The molecule has 4 bridgehead atoms. The van der Waals surface area contributed by atoms with Gasteiger partial charge in [-0.1, -0.05) is 0 Å². The molecule has 4 heteroatoms. The van der Waals surface area contributed by atoms with Crippen LogP contribution in [0.5, 0.6) is 0 Å². The Morgan fingerprint density at radius 1 is 0.947 bits per heavy atom. The van der Waals surface area contributed by atoms with Crippen LogP contribution in [0.3, 0.4) is 0 Å². The van der Waals surface area contributed by atoms with E-state index < -0.39 is 0 Å². The highest BCUT2D eigenvalue weighted by molar-refractivity contribution is 5.12. The summed E-state index contributed by atoms with van der Waals surface area (Å²) < 4.78 is 10.9. The Hall–Kier alpha value is -0.160. The summed E-state index contributed by atoms with van der Waals surface area (Å²) in [6.07, 6.45) is 7.32. The summed E-state index contributed by atoms with van der Waals surface area (Å²) in [5, 5.41) is 3.83. The summed E-state index contributed by atoms with van der Waals surface area (Å²) in [5.74, 6) is 3.01. The van der Waals surface area contributed by atoms with Gasteiger partial charge in [-0.05, 0) is 49.9 Å². The maximum atomic E-state index is 5.59. The fraction of sp³-hybridized carbons (Fsp3) is 1.00. The zero-order valence-electron chi connectivity index (χ0n) is 11.9. The van der Waals surface area contributed by atoms with E-state index in [1.165, 1.54) is 32.1 Å². The van der Waals surface area contributed by atoms with Crippen LogP contribution in [0.1, 0.15) is 32.1 Å². The van der Waals surface area contributed by atoms with Crippen molar-refractivity contribution in [2.24, 2.45) is 23.5 Å². The zero-order chi connectivity index (χ0) is 13.1. The molecule has 4 saturated carbocycles. The fourth-order valence-corrected chi connectivity index (χ4v) is 4.86. The lowest BCUT2D eigenvalue weighted by Crippen LogP contribution is -2.47. The molecule has 4 aliphatic rings. The van der Waals surface area contributed by atoms with Crippen LogP contribution in [-0.2, 0) is 9.47 Å². The van der Waals surface area contributed by atoms with Gasteiger partial charge in [-0.15, -0.1) is 0 Å². The van der Waals surface area contributed by atoms with Crippen molar-refractivity contribution in [2.45, 2.75) is 37.6 Å². The van der Waals surface area contributed by atoms with Gasteiger partial charge in [0.25, 0.3) is 0 Å². The van der Waals surface area contributed by atoms with Crippen LogP contribution in [0.15, 0.2) is 0 Å². The summed E-state index contributed by atoms with van der Waals surface area (Å²) >= 11 is 0. The molecule has 4 nitrogen and oxygen atoms in total. The van der Waals surface area contributed by atoms with E-state index in [0.717, 1.165) is 30.9 Å². The maximum Gasteiger partial charge on any atom is 0.0701 e. The van der Waals surface area contributed by atoms with Gasteiger partial charge < -0.3 is 20.5 Å². The van der Waals surface area contributed by atoms with Crippen molar-refractivity contribution in [1.29, 1.82) is 0 Å². The first-order valence-electron chi connectivity index (χ1n) is 7.93. The van der Waals surface area contributed by atoms with E-state index in [1.54, 1.807) is 0 Å². The Labute approximate surface area is 116 Å². The second-order valence-electron chi connectivity index (χ2n) is 6.64. The number of nitrogens with one attached hydrogen (secondary N) is 1. The van der Waals surface area contributed by atoms with Crippen molar-refractivity contribution >= 4 is 0 Å². The van der Waals surface area contributed by atoms with Gasteiger partial charge in [-0.3, -0.25) is 0 Å². The Bertz CT molecular complexity index is 284. The van der Waals surface area contributed by atoms with E-state index in [0.29, 0.717) is 31.9 Å². The molecule has 0 aromatic carbocycles. The van der Waals surface area contributed by atoms with Gasteiger partial charge in [0.05, 0.1) is 26.4 Å². The van der Waals surface area contributed by atoms with Crippen molar-refractivity contribution in [3.05, 3.63) is 0 Å². The second kappa shape index (κ2) is 6.08. The first-order valence-corrected chi connectivity index (χ1v) is 7.93. The summed E-state index contributed by atoms with van der Waals surface area (Å²) in [6.45, 7) is 4.37. The minimum absolute atomic E-state index is 0.493. The van der Waals surface area contributed by atoms with Crippen LogP contribution in [0.2, 0.25) is 0 Å². The van der Waals surface area contributed by atoms with E-state index >= 15 is 0 Å². The van der Waals surface area contributed by atoms with Crippen LogP contribution < -0.4 is 11.1 Å². The summed E-state index contributed by atoms with van der Waals surface area (Å²) in [6, 6.07) is 0. The topological polar surface area (TPSA) is 56.5 Å². The molecule has 0 aliphatic heterocycles. The van der Waals surface area contributed by atoms with E-state index in [9.17, 15) is 0 Å². The van der Waals surface area contributed by atoms with Crippen LogP contribution in [0.4, 0.5) is 0 Å². The third-order valence-corrected chi connectivity index (χ3v) is 5.35. The molecule has 110 valence electrons. The lowest BCUT2D eigenvalue weighted by Gasteiger charge is -2.34. The van der Waals surface area contributed by atoms with Crippen molar-refractivity contribution in [2.75, 3.05) is 39.5 Å². The molecule has 4 aliphatic carbocycles. The molecule has 0 amide bonds. The molecule has 0 spiro atoms. The lowest BCUT2D eigenvalue weighted by molar-refractivity contribution is 0.0486. The number of nitrogens with two attached hydrogens (primary N) is 1. The zero-order valence-corrected chi connectivity index (χ0v) is 11.9. The Morgan fingerprint density at radius 2 is 1.63 bits per heavy atom. The molecule has 0 saturated heterocycles. The van der Waals surface area contributed by atoms with Crippen LogP contribution in [0, 0.1) is 17.8 Å². The lowest BCUT2D eigenvalue weighted by atomic mass is 9.80. The molecule has 4 fully saturated rings. The van der Waals surface area contributed by atoms with Gasteiger partial charge in [0.15, 0.2) is 0 Å². The van der Waals surface area contributed by atoms with Crippen molar-refractivity contribution in [1.82, 2.24) is 5.32 Å². The second-order valence-corrected chi connectivity index (χ2v) is 6.64. The number of rotatable bonds is 9. The Morgan fingerprint density at radius 3 is 2.32 bits per heavy atom. The largest absolute Gasteiger partial charge is 0.378 e. The highest BCUT2D eigenvalue weighted by Crippen LogP contribution is 2.60. The Kier molecular flexibility index (Phi) is 4.42. The molecule has 3 N–H and O–H groups in total. The molecule has 0 radical (unpaired) electrons. The molecule has 0 aromatic heterocycles. The van der Waals surface area contributed by atoms with E-state index in [1.807, 2.05) is 0 Å². The van der Waals surface area contributed by atoms with E-state index in [-0.39, 0.29) is 0 Å². The summed E-state index contributed by atoms with van der Waals surface area (Å²) in [7, 11) is 0. The summed E-state index contributed by atoms with van der Waals surface area (Å²) in [5.41, 5.74) is 5.84. The number of hydrogen-bond donors (Lipinski definition) is 2. The third-order valence-electron chi connectivity index (χ3n) is 5.35. The molecular formula is C15H28N2O2. The van der Waals surface area contributed by atoms with Gasteiger partial charge in [-0.2, -0.15) is 0 Å². The highest BCUT2D eigenvalue weighted by Gasteiger charge is 2.57. The van der Waals surface area contributed by atoms with E-state index in [2.05, 4.69) is 5.32 Å². The summed E-state index contributed by atoms with van der Waals surface area (Å²) in [4.78, 5) is 0. The minimum atomic E-state index is 0.493. The van der Waals surface area contributed by atoms with Crippen molar-refractivity contribution in [3.63, 3.8) is 0 Å². The van der Waals surface area contributed by atoms with Crippen LogP contribution in [-0.4, -0.2) is 45.1 Å². The fourth-order valence-electron chi connectivity index (χ4n) is 4.86. The van der Waals surface area contributed by atoms with Crippen LogP contribution in [0.25, 0.3) is 0 Å². The smallest absolute Gasteiger partial charge is 0.0701 e. The maximum absolute atomic E-state index is 5.59. The third kappa shape index (κ3) is 2.97. The average molecular weight is 268 g/mol. The predicted molar refractivity (Wildman–Crippen MR) is 75.0 cm³/mol. The molecule has 0 heterocycles. The van der Waals surface area contributed by atoms with Crippen LogP contribution >= 0.6 is 0 Å². The Balaban J connectivity index is 1.29. The van der Waals surface area contributed by atoms with Crippen molar-refractivity contribution in [3.8, 4) is 0 Å². The predicted octanol–water partition coefficient (Wildman–Crippen LogP) is 1.15. The van der Waals surface area contributed by atoms with Gasteiger partial charge in [0, 0.05) is 18.6 Å². The standard InChI is InChI=1S/C15H28N2O2/c16-1-3-18-5-6-19-4-2-17-15-10-12-7-13(11-15)9-14(15)8-12/h12-14,17H,1-11,16H2. The van der Waals surface area contributed by atoms with Gasteiger partial charge >= 0.3 is 0 Å². The normalized spacial score (nSPS) is 39.3. The number of ether oxygens (including phenoxy) is 2. The SMILES string of the molecule is NCCOCCOCCNC12CC3CC(CC1C3)C2. The first kappa shape index (κ1) is 13.8. The van der Waals surface area contributed by atoms with Gasteiger partial charge in [-0.25, -0.2) is 0 Å². The monoisotopic (exact) mass is 268 g/mol. The molecule has 4 rings (SSSR count). The molecule has 0 aromatic rings. The average Bonchev–Trinajstić information content (AvgIpc) is 2.78. The quantitative estimate of drug-likeness (QED) is 0.616. The van der Waals surface area contributed by atoms with Gasteiger partial charge in [0.1, 0.15) is 0 Å². The molecule has 19 heavy (non-hydrogen) atoms. The van der Waals surface area contributed by atoms with Crippen molar-refractivity contribution < 1.29 is 9.47 Å². The minimum Gasteiger partial charge on any atom is -0.378 e. The van der Waals surface area contributed by atoms with E-state index in [4.69, 9.17) is 15.2 Å². The molecule has 2 atom stereocenters. The highest BCUT2D eigenvalue weighted by atomic mass is 16.5. The molecular weight excluding hydrogens is 240 g/mol. The van der Waals surface area contributed by atoms with Gasteiger partial charge in [0.2, 0.25) is 0 Å². The number of hydrogen-bond acceptors (Lipinski definition) is 4. The first-order chi connectivity index (χ1) is 9.32.